The van der Waals surface area contributed by atoms with Crippen LogP contribution >= 0.6 is 0 Å². The van der Waals surface area contributed by atoms with Crippen molar-refractivity contribution in [3.05, 3.63) is 29.8 Å². The number of rotatable bonds is 1. The summed E-state index contributed by atoms with van der Waals surface area (Å²) in [5, 5.41) is 17.3. The monoisotopic (exact) mass is 209 g/mol. The first-order chi connectivity index (χ1) is 7.22. The van der Waals surface area contributed by atoms with Gasteiger partial charge in [-0.05, 0) is 12.1 Å². The molecule has 0 saturated heterocycles. The second kappa shape index (κ2) is 5.64. The molecule has 1 aliphatic heterocycles. The van der Waals surface area contributed by atoms with Crippen molar-refractivity contribution in [2.75, 3.05) is 13.2 Å². The third kappa shape index (κ3) is 3.68. The second-order valence-electron chi connectivity index (χ2n) is 2.70. The molecule has 5 nitrogen and oxygen atoms in total. The smallest absolute Gasteiger partial charge is 0.339 e. The first-order valence-corrected chi connectivity index (χ1v) is 4.33. The predicted molar refractivity (Wildman–Crippen MR) is 54.4 cm³/mol. The van der Waals surface area contributed by atoms with Gasteiger partial charge in [0.25, 0.3) is 0 Å². The molecule has 15 heavy (non-hydrogen) atoms. The Bertz CT molecular complexity index is 356. The fourth-order valence-electron chi connectivity index (χ4n) is 0.918. The Morgan fingerprint density at radius 3 is 2.47 bits per heavy atom. The van der Waals surface area contributed by atoms with Crippen LogP contribution in [0.5, 0.6) is 5.75 Å². The fourth-order valence-corrected chi connectivity index (χ4v) is 0.918. The van der Waals surface area contributed by atoms with Crippen molar-refractivity contribution >= 4 is 12.4 Å². The molecule has 1 aromatic rings. The summed E-state index contributed by atoms with van der Waals surface area (Å²) < 4.78 is 4.65. The number of carbonyl (C=O) groups is 1. The van der Waals surface area contributed by atoms with Gasteiger partial charge < -0.3 is 14.9 Å². The molecule has 1 heterocycles. The van der Waals surface area contributed by atoms with Crippen LogP contribution in [0.15, 0.2) is 29.3 Å². The number of aromatic hydroxyl groups is 1. The molecule has 0 amide bonds. The second-order valence-corrected chi connectivity index (χ2v) is 2.70. The number of ether oxygens (including phenoxy) is 1. The van der Waals surface area contributed by atoms with Crippen molar-refractivity contribution in [1.82, 2.24) is 0 Å². The number of aliphatic imine (C=N–C) groups is 1. The molecule has 1 aliphatic rings. The van der Waals surface area contributed by atoms with Crippen molar-refractivity contribution in [3.8, 4) is 5.75 Å². The molecule has 0 aliphatic carbocycles. The Morgan fingerprint density at radius 1 is 1.40 bits per heavy atom. The first-order valence-electron chi connectivity index (χ1n) is 4.33. The van der Waals surface area contributed by atoms with E-state index in [-0.39, 0.29) is 11.3 Å². The molecule has 0 unspecified atom stereocenters. The Labute approximate surface area is 86.7 Å². The minimum atomic E-state index is -1.11. The maximum absolute atomic E-state index is 10.3. The summed E-state index contributed by atoms with van der Waals surface area (Å²) in [5.41, 5.74) is -0.0671. The van der Waals surface area contributed by atoms with Crippen LogP contribution in [0.3, 0.4) is 0 Å². The van der Waals surface area contributed by atoms with Gasteiger partial charge in [0.1, 0.15) is 17.9 Å². The van der Waals surface area contributed by atoms with Gasteiger partial charge in [0, 0.05) is 0 Å². The lowest BCUT2D eigenvalue weighted by molar-refractivity contribution is 0.0694. The van der Waals surface area contributed by atoms with Gasteiger partial charge in [-0.15, -0.1) is 0 Å². The van der Waals surface area contributed by atoms with Crippen LogP contribution in [0.1, 0.15) is 10.4 Å². The Kier molecular flexibility index (Phi) is 4.15. The zero-order chi connectivity index (χ0) is 11.1. The minimum absolute atomic E-state index is 0.0671. The lowest BCUT2D eigenvalue weighted by Crippen LogP contribution is -1.95. The summed E-state index contributed by atoms with van der Waals surface area (Å²) in [4.78, 5) is 14.0. The number of hydrogen-bond donors (Lipinski definition) is 2. The van der Waals surface area contributed by atoms with Crippen LogP contribution in [0.25, 0.3) is 0 Å². The summed E-state index contributed by atoms with van der Waals surface area (Å²) in [6.07, 6.45) is 1.49. The van der Waals surface area contributed by atoms with Crippen LogP contribution in [0, 0.1) is 0 Å². The van der Waals surface area contributed by atoms with Gasteiger partial charge in [-0.3, -0.25) is 4.99 Å². The summed E-state index contributed by atoms with van der Waals surface area (Å²) >= 11 is 0. The number of benzene rings is 1. The Hall–Kier alpha value is -2.04. The van der Waals surface area contributed by atoms with E-state index in [9.17, 15) is 4.79 Å². The maximum Gasteiger partial charge on any atom is 0.339 e. The zero-order valence-corrected chi connectivity index (χ0v) is 7.96. The highest BCUT2D eigenvalue weighted by Crippen LogP contribution is 2.14. The molecule has 0 bridgehead atoms. The van der Waals surface area contributed by atoms with Crippen LogP contribution in [-0.4, -0.2) is 35.7 Å². The standard InChI is InChI=1S/C7H6O3.C3H5NO/c8-6-4-2-1-3-5(6)7(9)10;1-2-5-3-4-1/h1-4,8H,(H,9,10);3H,1-2H2. The third-order valence-electron chi connectivity index (χ3n) is 1.62. The van der Waals surface area contributed by atoms with Gasteiger partial charge in [0.05, 0.1) is 6.54 Å². The summed E-state index contributed by atoms with van der Waals surface area (Å²) in [7, 11) is 0. The summed E-state index contributed by atoms with van der Waals surface area (Å²) in [6.45, 7) is 1.62. The van der Waals surface area contributed by atoms with Gasteiger partial charge in [-0.2, -0.15) is 0 Å². The number of hydrogen-bond acceptors (Lipinski definition) is 4. The van der Waals surface area contributed by atoms with Crippen molar-refractivity contribution in [2.45, 2.75) is 0 Å². The topological polar surface area (TPSA) is 79.1 Å². The molecule has 5 heteroatoms. The van der Waals surface area contributed by atoms with Gasteiger partial charge >= 0.3 is 5.97 Å². The summed E-state index contributed by atoms with van der Waals surface area (Å²) in [6, 6.07) is 5.81. The van der Waals surface area contributed by atoms with Gasteiger partial charge in [-0.25, -0.2) is 4.79 Å². The quantitative estimate of drug-likeness (QED) is 0.726. The molecule has 0 saturated carbocycles. The highest BCUT2D eigenvalue weighted by molar-refractivity contribution is 5.90. The van der Waals surface area contributed by atoms with Crippen molar-refractivity contribution in [3.63, 3.8) is 0 Å². The SMILES string of the molecule is C1=NCCO1.O=C(O)c1ccccc1O. The molecule has 2 N–H and O–H groups in total. The molecule has 0 aromatic heterocycles. The number of aromatic carboxylic acids is 1. The number of para-hydroxylation sites is 1. The molecule has 0 spiro atoms. The van der Waals surface area contributed by atoms with Crippen LogP contribution in [-0.2, 0) is 4.74 Å². The van der Waals surface area contributed by atoms with E-state index in [1.807, 2.05) is 0 Å². The number of carboxylic acid groups (broad SMARTS) is 1. The van der Waals surface area contributed by atoms with Crippen molar-refractivity contribution in [1.29, 1.82) is 0 Å². The van der Waals surface area contributed by atoms with Gasteiger partial charge in [0.15, 0.2) is 6.40 Å². The molecule has 0 fully saturated rings. The normalized spacial score (nSPS) is 12.5. The van der Waals surface area contributed by atoms with Crippen LogP contribution in [0.2, 0.25) is 0 Å². The summed E-state index contributed by atoms with van der Waals surface area (Å²) in [5.74, 6) is -1.31. The molecule has 1 aromatic carbocycles. The van der Waals surface area contributed by atoms with Gasteiger partial charge in [0.2, 0.25) is 0 Å². The molecule has 2 rings (SSSR count). The van der Waals surface area contributed by atoms with E-state index >= 15 is 0 Å². The van der Waals surface area contributed by atoms with E-state index in [2.05, 4.69) is 9.73 Å². The van der Waals surface area contributed by atoms with E-state index < -0.39 is 5.97 Å². The fraction of sp³-hybridized carbons (Fsp3) is 0.200. The van der Waals surface area contributed by atoms with E-state index in [0.29, 0.717) is 0 Å². The molecular weight excluding hydrogens is 198 g/mol. The number of carboxylic acids is 1. The average Bonchev–Trinajstić information content (AvgIpc) is 2.75. The van der Waals surface area contributed by atoms with Crippen LogP contribution in [0.4, 0.5) is 0 Å². The van der Waals surface area contributed by atoms with Gasteiger partial charge in [-0.1, -0.05) is 12.1 Å². The van der Waals surface area contributed by atoms with E-state index in [1.165, 1.54) is 18.5 Å². The van der Waals surface area contributed by atoms with E-state index in [4.69, 9.17) is 10.2 Å². The van der Waals surface area contributed by atoms with Crippen molar-refractivity contribution in [2.24, 2.45) is 4.99 Å². The van der Waals surface area contributed by atoms with E-state index in [0.717, 1.165) is 13.2 Å². The number of phenols is 1. The average molecular weight is 209 g/mol. The predicted octanol–water partition coefficient (Wildman–Crippen LogP) is 1.14. The highest BCUT2D eigenvalue weighted by atomic mass is 16.5. The van der Waals surface area contributed by atoms with E-state index in [1.54, 1.807) is 12.1 Å². The first kappa shape index (κ1) is 11.0. The lowest BCUT2D eigenvalue weighted by Gasteiger charge is -1.95. The highest BCUT2D eigenvalue weighted by Gasteiger charge is 2.05. The molecule has 0 radical (unpaired) electrons. The third-order valence-corrected chi connectivity index (χ3v) is 1.62. The molecule has 80 valence electrons. The number of nitrogens with zero attached hydrogens (tertiary/aromatic N) is 1. The molecule has 0 atom stereocenters. The van der Waals surface area contributed by atoms with Crippen molar-refractivity contribution < 1.29 is 19.7 Å². The maximum atomic E-state index is 10.3. The van der Waals surface area contributed by atoms with Crippen LogP contribution < -0.4 is 0 Å². The zero-order valence-electron chi connectivity index (χ0n) is 7.96. The molecular formula is C10H11NO4. The largest absolute Gasteiger partial charge is 0.507 e. The lowest BCUT2D eigenvalue weighted by atomic mass is 10.2. The minimum Gasteiger partial charge on any atom is -0.507 e. The Morgan fingerprint density at radius 2 is 2.13 bits per heavy atom. The Balaban J connectivity index is 0.000000187.